The van der Waals surface area contributed by atoms with Crippen molar-refractivity contribution in [1.82, 2.24) is 10.2 Å². The molecule has 0 bridgehead atoms. The molecule has 0 aromatic heterocycles. The van der Waals surface area contributed by atoms with Crippen LogP contribution in [-0.4, -0.2) is 48.7 Å². The molecule has 2 fully saturated rings. The average Bonchev–Trinajstić information content (AvgIpc) is 2.95. The summed E-state index contributed by atoms with van der Waals surface area (Å²) in [7, 11) is 0. The molecule has 0 aromatic rings. The number of nitrogens with zero attached hydrogens (tertiary/aromatic N) is 1. The average molecular weight is 254 g/mol. The second-order valence-electron chi connectivity index (χ2n) is 5.54. The van der Waals surface area contributed by atoms with Crippen LogP contribution in [0.5, 0.6) is 0 Å². The number of carbonyl (C=O) groups is 1. The Morgan fingerprint density at radius 1 is 1.33 bits per heavy atom. The van der Waals surface area contributed by atoms with Crippen molar-refractivity contribution < 1.29 is 9.53 Å². The fourth-order valence-corrected chi connectivity index (χ4v) is 3.32. The van der Waals surface area contributed by atoms with Crippen LogP contribution < -0.4 is 5.32 Å². The number of likely N-dealkylation sites (N-methyl/N-ethyl adjacent to an activating group) is 1. The minimum absolute atomic E-state index is 0.0135. The van der Waals surface area contributed by atoms with Crippen molar-refractivity contribution in [3.63, 3.8) is 0 Å². The van der Waals surface area contributed by atoms with Gasteiger partial charge in [0, 0.05) is 18.1 Å². The van der Waals surface area contributed by atoms with Crippen LogP contribution in [0, 0.1) is 5.92 Å². The van der Waals surface area contributed by atoms with Crippen molar-refractivity contribution in [3.05, 3.63) is 0 Å². The minimum Gasteiger partial charge on any atom is -0.379 e. The van der Waals surface area contributed by atoms with E-state index in [1.807, 2.05) is 0 Å². The molecule has 0 spiro atoms. The molecule has 4 heteroatoms. The first kappa shape index (κ1) is 13.8. The highest BCUT2D eigenvalue weighted by molar-refractivity contribution is 5.81. The summed E-state index contributed by atoms with van der Waals surface area (Å²) in [5, 5.41) is 3.37. The van der Waals surface area contributed by atoms with Gasteiger partial charge in [-0.15, -0.1) is 0 Å². The Morgan fingerprint density at radius 3 is 2.78 bits per heavy atom. The van der Waals surface area contributed by atoms with E-state index in [0.29, 0.717) is 31.2 Å². The summed E-state index contributed by atoms with van der Waals surface area (Å²) in [6, 6.07) is 1.04. The lowest BCUT2D eigenvalue weighted by Crippen LogP contribution is -2.49. The Kier molecular flexibility index (Phi) is 4.62. The van der Waals surface area contributed by atoms with Gasteiger partial charge in [-0.25, -0.2) is 0 Å². The molecule has 4 unspecified atom stereocenters. The molecule has 2 heterocycles. The zero-order valence-corrected chi connectivity index (χ0v) is 11.8. The molecular formula is C14H26N2O2. The monoisotopic (exact) mass is 254 g/mol. The first-order chi connectivity index (χ1) is 8.69. The minimum atomic E-state index is 0.0135. The zero-order chi connectivity index (χ0) is 13.1. The fourth-order valence-electron chi connectivity index (χ4n) is 3.32. The molecule has 0 aromatic carbocycles. The van der Waals surface area contributed by atoms with E-state index in [-0.39, 0.29) is 12.0 Å². The predicted molar refractivity (Wildman–Crippen MR) is 71.4 cm³/mol. The van der Waals surface area contributed by atoms with E-state index in [0.717, 1.165) is 25.8 Å². The summed E-state index contributed by atoms with van der Waals surface area (Å²) < 4.78 is 5.50. The van der Waals surface area contributed by atoms with Gasteiger partial charge in [0.1, 0.15) is 0 Å². The lowest BCUT2D eigenvalue weighted by molar-refractivity contribution is -0.138. The molecule has 2 rings (SSSR count). The normalized spacial score (nSPS) is 36.3. The number of likely N-dealkylation sites (tertiary alicyclic amines) is 1. The molecule has 2 aliphatic rings. The molecule has 0 radical (unpaired) electrons. The number of rotatable bonds is 4. The van der Waals surface area contributed by atoms with Crippen molar-refractivity contribution in [2.45, 2.75) is 58.2 Å². The van der Waals surface area contributed by atoms with Gasteiger partial charge < -0.3 is 15.0 Å². The molecule has 4 atom stereocenters. The van der Waals surface area contributed by atoms with Crippen LogP contribution in [0.3, 0.4) is 0 Å². The quantitative estimate of drug-likeness (QED) is 0.824. The van der Waals surface area contributed by atoms with Gasteiger partial charge in [-0.05, 0) is 32.7 Å². The Hall–Kier alpha value is -0.610. The molecule has 4 nitrogen and oxygen atoms in total. The van der Waals surface area contributed by atoms with Crippen LogP contribution >= 0.6 is 0 Å². The van der Waals surface area contributed by atoms with Crippen LogP contribution in [0.2, 0.25) is 0 Å². The second kappa shape index (κ2) is 6.02. The molecule has 1 amide bonds. The van der Waals surface area contributed by atoms with Gasteiger partial charge in [-0.2, -0.15) is 0 Å². The third-order valence-corrected chi connectivity index (χ3v) is 4.38. The van der Waals surface area contributed by atoms with Crippen LogP contribution in [0.1, 0.15) is 40.0 Å². The largest absolute Gasteiger partial charge is 0.379 e. The van der Waals surface area contributed by atoms with Crippen molar-refractivity contribution >= 4 is 5.91 Å². The summed E-state index contributed by atoms with van der Waals surface area (Å²) in [4.78, 5) is 14.8. The molecule has 0 aliphatic carbocycles. The topological polar surface area (TPSA) is 41.6 Å². The third-order valence-electron chi connectivity index (χ3n) is 4.38. The molecule has 104 valence electrons. The van der Waals surface area contributed by atoms with Crippen LogP contribution in [0.25, 0.3) is 0 Å². The van der Waals surface area contributed by atoms with Crippen LogP contribution in [0.15, 0.2) is 0 Å². The Morgan fingerprint density at radius 2 is 2.11 bits per heavy atom. The van der Waals surface area contributed by atoms with Crippen LogP contribution in [-0.2, 0) is 9.53 Å². The first-order valence-corrected chi connectivity index (χ1v) is 7.32. The van der Waals surface area contributed by atoms with E-state index in [4.69, 9.17) is 4.74 Å². The molecular weight excluding hydrogens is 228 g/mol. The van der Waals surface area contributed by atoms with Crippen LogP contribution in [0.4, 0.5) is 0 Å². The number of hydrogen-bond donors (Lipinski definition) is 1. The number of carbonyl (C=O) groups excluding carboxylic acids is 1. The van der Waals surface area contributed by atoms with Crippen molar-refractivity contribution in [2.75, 3.05) is 19.8 Å². The van der Waals surface area contributed by atoms with E-state index in [9.17, 15) is 4.79 Å². The van der Waals surface area contributed by atoms with Gasteiger partial charge in [-0.1, -0.05) is 13.8 Å². The molecule has 2 saturated heterocycles. The number of amides is 1. The van der Waals surface area contributed by atoms with Crippen molar-refractivity contribution in [2.24, 2.45) is 5.92 Å². The summed E-state index contributed by atoms with van der Waals surface area (Å²) in [5.41, 5.74) is 0. The third kappa shape index (κ3) is 2.54. The number of ether oxygens (including phenoxy) is 1. The molecule has 1 N–H and O–H groups in total. The van der Waals surface area contributed by atoms with E-state index < -0.39 is 0 Å². The van der Waals surface area contributed by atoms with Gasteiger partial charge in [0.05, 0.1) is 19.1 Å². The number of nitrogens with one attached hydrogen (secondary N) is 1. The first-order valence-electron chi connectivity index (χ1n) is 7.32. The highest BCUT2D eigenvalue weighted by Crippen LogP contribution is 2.29. The number of hydrogen-bond acceptors (Lipinski definition) is 3. The molecule has 0 saturated carbocycles. The standard InChI is InChI=1S/C14H26N2O2/c1-4-11-7-6-10(3)16(11)14(17)12-8-18-9-13(12)15-5-2/h10-13,15H,4-9H2,1-3H3. The van der Waals surface area contributed by atoms with Crippen molar-refractivity contribution in [1.29, 1.82) is 0 Å². The van der Waals surface area contributed by atoms with E-state index in [2.05, 4.69) is 31.0 Å². The molecule has 2 aliphatic heterocycles. The Bertz CT molecular complexity index is 296. The Labute approximate surface area is 110 Å². The van der Waals surface area contributed by atoms with Gasteiger partial charge >= 0.3 is 0 Å². The fraction of sp³-hybridized carbons (Fsp3) is 0.929. The van der Waals surface area contributed by atoms with Gasteiger partial charge in [0.2, 0.25) is 5.91 Å². The van der Waals surface area contributed by atoms with E-state index in [1.54, 1.807) is 0 Å². The van der Waals surface area contributed by atoms with E-state index >= 15 is 0 Å². The summed E-state index contributed by atoms with van der Waals surface area (Å²) in [6.07, 6.45) is 3.36. The van der Waals surface area contributed by atoms with Gasteiger partial charge in [0.15, 0.2) is 0 Å². The zero-order valence-electron chi connectivity index (χ0n) is 11.8. The smallest absolute Gasteiger partial charge is 0.230 e. The van der Waals surface area contributed by atoms with Gasteiger partial charge in [0.25, 0.3) is 0 Å². The molecule has 18 heavy (non-hydrogen) atoms. The SMILES string of the molecule is CCNC1COCC1C(=O)N1C(C)CCC1CC. The maximum atomic E-state index is 12.7. The summed E-state index contributed by atoms with van der Waals surface area (Å²) in [6.45, 7) is 8.57. The summed E-state index contributed by atoms with van der Waals surface area (Å²) >= 11 is 0. The lowest BCUT2D eigenvalue weighted by Gasteiger charge is -2.32. The van der Waals surface area contributed by atoms with Crippen molar-refractivity contribution in [3.8, 4) is 0 Å². The Balaban J connectivity index is 2.05. The lowest BCUT2D eigenvalue weighted by atomic mass is 10.0. The maximum Gasteiger partial charge on any atom is 0.230 e. The second-order valence-corrected chi connectivity index (χ2v) is 5.54. The highest BCUT2D eigenvalue weighted by atomic mass is 16.5. The van der Waals surface area contributed by atoms with E-state index in [1.165, 1.54) is 0 Å². The maximum absolute atomic E-state index is 12.7. The highest BCUT2D eigenvalue weighted by Gasteiger charge is 2.41. The summed E-state index contributed by atoms with van der Waals surface area (Å²) in [5.74, 6) is 0.315. The van der Waals surface area contributed by atoms with Gasteiger partial charge in [-0.3, -0.25) is 4.79 Å². The predicted octanol–water partition coefficient (Wildman–Crippen LogP) is 1.40.